The number of rotatable bonds is 3. The van der Waals surface area contributed by atoms with Crippen molar-refractivity contribution in [3.05, 3.63) is 35.9 Å². The summed E-state index contributed by atoms with van der Waals surface area (Å²) in [6, 6.07) is 11.7. The number of aliphatic hydroxyl groups is 1. The first-order valence-electron chi connectivity index (χ1n) is 6.14. The molecule has 0 aliphatic rings. The van der Waals surface area contributed by atoms with Gasteiger partial charge in [-0.1, -0.05) is 18.2 Å². The molecule has 0 amide bonds. The van der Waals surface area contributed by atoms with E-state index in [1.165, 1.54) is 0 Å². The van der Waals surface area contributed by atoms with Gasteiger partial charge in [-0.3, -0.25) is 0 Å². The van der Waals surface area contributed by atoms with Crippen LogP contribution in [0.2, 0.25) is 0 Å². The lowest BCUT2D eigenvalue weighted by molar-refractivity contribution is 0.215. The third kappa shape index (κ3) is 2.38. The van der Waals surface area contributed by atoms with Gasteiger partial charge in [0.1, 0.15) is 11.9 Å². The van der Waals surface area contributed by atoms with Gasteiger partial charge in [0.25, 0.3) is 0 Å². The zero-order chi connectivity index (χ0) is 14.0. The zero-order valence-electron chi connectivity index (χ0n) is 11.4. The number of benzene rings is 1. The summed E-state index contributed by atoms with van der Waals surface area (Å²) in [5, 5.41) is 19.7. The number of fused-ring (bicyclic) bond motifs is 1. The van der Waals surface area contributed by atoms with E-state index in [2.05, 4.69) is 11.1 Å². The van der Waals surface area contributed by atoms with Crippen LogP contribution in [0.3, 0.4) is 0 Å². The van der Waals surface area contributed by atoms with E-state index in [0.29, 0.717) is 11.4 Å². The minimum Gasteiger partial charge on any atom is -0.394 e. The lowest BCUT2D eigenvalue weighted by Crippen LogP contribution is -2.45. The van der Waals surface area contributed by atoms with Crippen LogP contribution in [0, 0.1) is 11.3 Å². The molecule has 0 aliphatic carbocycles. The summed E-state index contributed by atoms with van der Waals surface area (Å²) >= 11 is 0. The Labute approximate surface area is 112 Å². The molecule has 0 unspecified atom stereocenters. The first kappa shape index (κ1) is 13.3. The molecule has 98 valence electrons. The average Bonchev–Trinajstić information content (AvgIpc) is 2.44. The Kier molecular flexibility index (Phi) is 3.41. The van der Waals surface area contributed by atoms with Crippen LogP contribution in [0.4, 0.5) is 5.82 Å². The van der Waals surface area contributed by atoms with E-state index in [1.807, 2.05) is 56.1 Å². The number of likely N-dealkylation sites (N-methyl/N-ethyl adjacent to an activating group) is 1. The number of aliphatic hydroxyl groups excluding tert-OH is 1. The van der Waals surface area contributed by atoms with Crippen molar-refractivity contribution in [2.75, 3.05) is 18.6 Å². The highest BCUT2D eigenvalue weighted by Gasteiger charge is 2.26. The quantitative estimate of drug-likeness (QED) is 0.914. The number of pyridine rings is 1. The second kappa shape index (κ2) is 4.87. The van der Waals surface area contributed by atoms with E-state index in [9.17, 15) is 10.4 Å². The van der Waals surface area contributed by atoms with Gasteiger partial charge in [-0.15, -0.1) is 0 Å². The molecule has 2 rings (SSSR count). The van der Waals surface area contributed by atoms with Gasteiger partial charge < -0.3 is 10.0 Å². The Morgan fingerprint density at radius 1 is 1.37 bits per heavy atom. The molecule has 1 N–H and O–H groups in total. The standard InChI is InChI=1S/C15H17N3O/c1-15(2,10-19)18(3)14-12(9-16)8-11-6-4-5-7-13(11)17-14/h4-8,19H,10H2,1-3H3. The molecular formula is C15H17N3O. The highest BCUT2D eigenvalue weighted by atomic mass is 16.3. The van der Waals surface area contributed by atoms with Crippen molar-refractivity contribution < 1.29 is 5.11 Å². The van der Waals surface area contributed by atoms with Crippen LogP contribution in [-0.4, -0.2) is 29.3 Å². The highest BCUT2D eigenvalue weighted by molar-refractivity contribution is 5.83. The van der Waals surface area contributed by atoms with Crippen molar-refractivity contribution in [3.8, 4) is 6.07 Å². The fourth-order valence-corrected chi connectivity index (χ4v) is 1.84. The number of anilines is 1. The maximum absolute atomic E-state index is 9.45. The second-order valence-corrected chi connectivity index (χ2v) is 5.19. The number of hydrogen-bond donors (Lipinski definition) is 1. The molecule has 19 heavy (non-hydrogen) atoms. The fourth-order valence-electron chi connectivity index (χ4n) is 1.84. The molecule has 0 radical (unpaired) electrons. The summed E-state index contributed by atoms with van der Waals surface area (Å²) in [6.45, 7) is 3.80. The number of nitrogens with zero attached hydrogens (tertiary/aromatic N) is 3. The molecule has 4 heteroatoms. The normalized spacial score (nSPS) is 11.3. The van der Waals surface area contributed by atoms with E-state index in [1.54, 1.807) is 0 Å². The first-order valence-corrected chi connectivity index (χ1v) is 6.14. The second-order valence-electron chi connectivity index (χ2n) is 5.19. The van der Waals surface area contributed by atoms with Crippen LogP contribution in [-0.2, 0) is 0 Å². The monoisotopic (exact) mass is 255 g/mol. The molecule has 0 spiro atoms. The number of aromatic nitrogens is 1. The van der Waals surface area contributed by atoms with Crippen LogP contribution in [0.15, 0.2) is 30.3 Å². The molecule has 1 heterocycles. The molecule has 0 aliphatic heterocycles. The van der Waals surface area contributed by atoms with Crippen molar-refractivity contribution in [1.29, 1.82) is 5.26 Å². The summed E-state index contributed by atoms with van der Waals surface area (Å²) in [7, 11) is 1.84. The van der Waals surface area contributed by atoms with E-state index in [4.69, 9.17) is 0 Å². The molecule has 2 aromatic rings. The minimum absolute atomic E-state index is 0.0110. The highest BCUT2D eigenvalue weighted by Crippen LogP contribution is 2.26. The zero-order valence-corrected chi connectivity index (χ0v) is 11.4. The molecule has 0 bridgehead atoms. The minimum atomic E-state index is -0.471. The SMILES string of the molecule is CN(c1nc2ccccc2cc1C#N)C(C)(C)CO. The van der Waals surface area contributed by atoms with Crippen molar-refractivity contribution in [3.63, 3.8) is 0 Å². The fraction of sp³-hybridized carbons (Fsp3) is 0.333. The molecule has 1 aromatic carbocycles. The van der Waals surface area contributed by atoms with E-state index >= 15 is 0 Å². The van der Waals surface area contributed by atoms with Gasteiger partial charge in [-0.2, -0.15) is 5.26 Å². The molecule has 0 atom stereocenters. The maximum Gasteiger partial charge on any atom is 0.147 e. The van der Waals surface area contributed by atoms with Gasteiger partial charge in [0, 0.05) is 12.4 Å². The van der Waals surface area contributed by atoms with Crippen molar-refractivity contribution in [1.82, 2.24) is 4.98 Å². The lowest BCUT2D eigenvalue weighted by Gasteiger charge is -2.35. The summed E-state index contributed by atoms with van der Waals surface area (Å²) in [6.07, 6.45) is 0. The van der Waals surface area contributed by atoms with Gasteiger partial charge in [0.15, 0.2) is 0 Å². The van der Waals surface area contributed by atoms with E-state index in [0.717, 1.165) is 10.9 Å². The van der Waals surface area contributed by atoms with Crippen LogP contribution in [0.25, 0.3) is 10.9 Å². The van der Waals surface area contributed by atoms with Crippen molar-refractivity contribution in [2.45, 2.75) is 19.4 Å². The Morgan fingerprint density at radius 2 is 2.05 bits per heavy atom. The topological polar surface area (TPSA) is 60.2 Å². The van der Waals surface area contributed by atoms with Gasteiger partial charge >= 0.3 is 0 Å². The summed E-state index contributed by atoms with van der Waals surface area (Å²) in [5.74, 6) is 0.597. The number of nitriles is 1. The Bertz CT molecular complexity index is 643. The maximum atomic E-state index is 9.45. The van der Waals surface area contributed by atoms with Crippen LogP contribution in [0.1, 0.15) is 19.4 Å². The van der Waals surface area contributed by atoms with E-state index in [-0.39, 0.29) is 6.61 Å². The van der Waals surface area contributed by atoms with Crippen LogP contribution < -0.4 is 4.90 Å². The third-order valence-corrected chi connectivity index (χ3v) is 3.44. The Balaban J connectivity index is 2.62. The first-order chi connectivity index (χ1) is 8.99. The predicted octanol–water partition coefficient (Wildman–Crippen LogP) is 2.31. The molecule has 1 aromatic heterocycles. The smallest absolute Gasteiger partial charge is 0.147 e. The van der Waals surface area contributed by atoms with E-state index < -0.39 is 5.54 Å². The predicted molar refractivity (Wildman–Crippen MR) is 76.0 cm³/mol. The summed E-state index contributed by atoms with van der Waals surface area (Å²) in [4.78, 5) is 6.40. The molecule has 4 nitrogen and oxygen atoms in total. The van der Waals surface area contributed by atoms with Gasteiger partial charge in [-0.05, 0) is 26.0 Å². The summed E-state index contributed by atoms with van der Waals surface area (Å²) in [5.41, 5.74) is 0.890. The van der Waals surface area contributed by atoms with Crippen molar-refractivity contribution >= 4 is 16.7 Å². The number of hydrogen-bond acceptors (Lipinski definition) is 4. The molecule has 0 saturated heterocycles. The Hall–Kier alpha value is -2.12. The number of para-hydroxylation sites is 1. The van der Waals surface area contributed by atoms with Gasteiger partial charge in [0.05, 0.1) is 23.2 Å². The molecule has 0 fully saturated rings. The Morgan fingerprint density at radius 3 is 2.68 bits per heavy atom. The van der Waals surface area contributed by atoms with Crippen molar-refractivity contribution in [2.24, 2.45) is 0 Å². The largest absolute Gasteiger partial charge is 0.394 e. The average molecular weight is 255 g/mol. The molecular weight excluding hydrogens is 238 g/mol. The summed E-state index contributed by atoms with van der Waals surface area (Å²) < 4.78 is 0. The van der Waals surface area contributed by atoms with Gasteiger partial charge in [0.2, 0.25) is 0 Å². The third-order valence-electron chi connectivity index (χ3n) is 3.44. The molecule has 0 saturated carbocycles. The van der Waals surface area contributed by atoms with Crippen LogP contribution in [0.5, 0.6) is 0 Å². The van der Waals surface area contributed by atoms with Crippen LogP contribution >= 0.6 is 0 Å². The van der Waals surface area contributed by atoms with Gasteiger partial charge in [-0.25, -0.2) is 4.98 Å². The lowest BCUT2D eigenvalue weighted by atomic mass is 10.0.